The maximum absolute atomic E-state index is 13.4. The van der Waals surface area contributed by atoms with Crippen LogP contribution in [0, 0.1) is 12.3 Å². The van der Waals surface area contributed by atoms with Crippen LogP contribution in [0.25, 0.3) is 0 Å². The second kappa shape index (κ2) is 6.51. The lowest BCUT2D eigenvalue weighted by Gasteiger charge is -2.29. The number of rotatable bonds is 5. The average molecular weight is 328 g/mol. The summed E-state index contributed by atoms with van der Waals surface area (Å²) >= 11 is 0. The van der Waals surface area contributed by atoms with Crippen molar-refractivity contribution in [3.63, 3.8) is 0 Å². The van der Waals surface area contributed by atoms with Gasteiger partial charge in [0.15, 0.2) is 0 Å². The molecular weight excluding hydrogens is 305 g/mol. The molecule has 6 heteroatoms. The van der Waals surface area contributed by atoms with Gasteiger partial charge in [-0.15, -0.1) is 0 Å². The van der Waals surface area contributed by atoms with Gasteiger partial charge in [-0.1, -0.05) is 24.3 Å². The van der Waals surface area contributed by atoms with Crippen LogP contribution in [0.3, 0.4) is 0 Å². The van der Waals surface area contributed by atoms with E-state index in [0.29, 0.717) is 12.8 Å². The number of carbonyl (C=O) groups is 1. The number of nitrogens with zero attached hydrogens (tertiary/aromatic N) is 1. The third kappa shape index (κ3) is 4.25. The Morgan fingerprint density at radius 1 is 1.30 bits per heavy atom. The molecule has 128 valence electrons. The number of alkyl halides is 3. The van der Waals surface area contributed by atoms with E-state index in [1.165, 1.54) is 0 Å². The van der Waals surface area contributed by atoms with Crippen LogP contribution < -0.4 is 5.43 Å². The van der Waals surface area contributed by atoms with E-state index in [0.717, 1.165) is 16.1 Å². The summed E-state index contributed by atoms with van der Waals surface area (Å²) in [5, 5.41) is 1.06. The van der Waals surface area contributed by atoms with Crippen molar-refractivity contribution in [2.45, 2.75) is 52.3 Å². The van der Waals surface area contributed by atoms with Gasteiger partial charge in [0.25, 0.3) is 0 Å². The van der Waals surface area contributed by atoms with Gasteiger partial charge in [0.1, 0.15) is 6.04 Å². The highest BCUT2D eigenvalue weighted by Gasteiger charge is 2.49. The molecule has 0 bridgehead atoms. The second-order valence-electron chi connectivity index (χ2n) is 6.83. The van der Waals surface area contributed by atoms with Gasteiger partial charge in [-0.05, 0) is 51.2 Å². The first-order valence-corrected chi connectivity index (χ1v) is 7.80. The second-order valence-corrected chi connectivity index (χ2v) is 6.83. The van der Waals surface area contributed by atoms with E-state index < -0.39 is 17.6 Å². The summed E-state index contributed by atoms with van der Waals surface area (Å²) in [7, 11) is 0. The van der Waals surface area contributed by atoms with Crippen LogP contribution in [0.2, 0.25) is 0 Å². The molecule has 1 aliphatic heterocycles. The fourth-order valence-corrected chi connectivity index (χ4v) is 2.88. The van der Waals surface area contributed by atoms with Crippen molar-refractivity contribution in [2.24, 2.45) is 5.41 Å². The zero-order chi connectivity index (χ0) is 17.3. The van der Waals surface area contributed by atoms with Crippen LogP contribution in [0.15, 0.2) is 24.3 Å². The van der Waals surface area contributed by atoms with Gasteiger partial charge >= 0.3 is 6.18 Å². The summed E-state index contributed by atoms with van der Waals surface area (Å²) in [6, 6.07) is 6.07. The van der Waals surface area contributed by atoms with Crippen LogP contribution in [0.5, 0.6) is 0 Å². The van der Waals surface area contributed by atoms with E-state index >= 15 is 0 Å². The lowest BCUT2D eigenvalue weighted by Crippen LogP contribution is -2.50. The van der Waals surface area contributed by atoms with E-state index in [2.05, 4.69) is 5.43 Å². The Morgan fingerprint density at radius 2 is 1.96 bits per heavy atom. The van der Waals surface area contributed by atoms with Crippen LogP contribution in [0.4, 0.5) is 13.2 Å². The third-order valence-electron chi connectivity index (χ3n) is 4.36. The number of nitrogens with one attached hydrogen (secondary N) is 1. The molecule has 1 amide bonds. The van der Waals surface area contributed by atoms with Crippen LogP contribution >= 0.6 is 0 Å². The molecule has 1 aliphatic rings. The number of benzene rings is 1. The van der Waals surface area contributed by atoms with E-state index in [-0.39, 0.29) is 18.9 Å². The highest BCUT2D eigenvalue weighted by atomic mass is 19.4. The molecule has 1 unspecified atom stereocenters. The number of aryl methyl sites for hydroxylation is 2. The lowest BCUT2D eigenvalue weighted by molar-refractivity contribution is -0.190. The molecule has 23 heavy (non-hydrogen) atoms. The zero-order valence-electron chi connectivity index (χ0n) is 13.7. The molecule has 1 fully saturated rings. The molecule has 0 aliphatic carbocycles. The highest BCUT2D eigenvalue weighted by molar-refractivity contribution is 5.83. The van der Waals surface area contributed by atoms with Crippen molar-refractivity contribution in [1.29, 1.82) is 0 Å². The summed E-state index contributed by atoms with van der Waals surface area (Å²) in [4.78, 5) is 11.8. The predicted octanol–water partition coefficient (Wildman–Crippen LogP) is 3.62. The average Bonchev–Trinajstić information content (AvgIpc) is 2.69. The molecule has 1 aromatic carbocycles. The van der Waals surface area contributed by atoms with Crippen molar-refractivity contribution >= 4 is 5.91 Å². The molecule has 2 rings (SSSR count). The zero-order valence-corrected chi connectivity index (χ0v) is 13.7. The molecule has 0 spiro atoms. The number of carbonyl (C=O) groups excluding carboxylic acids is 1. The van der Waals surface area contributed by atoms with Crippen molar-refractivity contribution < 1.29 is 18.0 Å². The Morgan fingerprint density at radius 3 is 2.48 bits per heavy atom. The number of hydrogen-bond donors (Lipinski definition) is 1. The Bertz CT molecular complexity index is 569. The molecule has 3 nitrogen and oxygen atoms in total. The molecule has 0 saturated carbocycles. The Kier molecular flexibility index (Phi) is 5.04. The molecule has 0 aromatic heterocycles. The van der Waals surface area contributed by atoms with E-state index in [4.69, 9.17) is 0 Å². The minimum Gasteiger partial charge on any atom is -0.288 e. The summed E-state index contributed by atoms with van der Waals surface area (Å²) in [5.41, 5.74) is 3.75. The van der Waals surface area contributed by atoms with Crippen molar-refractivity contribution in [1.82, 2.24) is 10.4 Å². The van der Waals surface area contributed by atoms with Crippen molar-refractivity contribution in [3.05, 3.63) is 35.4 Å². The molecule has 1 N–H and O–H groups in total. The van der Waals surface area contributed by atoms with Gasteiger partial charge in [-0.2, -0.15) is 13.2 Å². The van der Waals surface area contributed by atoms with Crippen LogP contribution in [-0.2, 0) is 11.2 Å². The summed E-state index contributed by atoms with van der Waals surface area (Å²) in [6.07, 6.45) is -3.38. The predicted molar refractivity (Wildman–Crippen MR) is 82.6 cm³/mol. The Labute approximate surface area is 134 Å². The van der Waals surface area contributed by atoms with E-state index in [1.807, 2.05) is 31.2 Å². The standard InChI is InChI=1S/C17H23F3N2O/c1-12-7-4-5-8-13(12)9-6-10-14(17(18,19)20)22-11-16(2,3)15(23)21-22/h4-5,7-8,14H,6,9-11H2,1-3H3,(H,21,23). The van der Waals surface area contributed by atoms with Crippen LogP contribution in [0.1, 0.15) is 37.8 Å². The molecule has 1 saturated heterocycles. The quantitative estimate of drug-likeness (QED) is 0.895. The fourth-order valence-electron chi connectivity index (χ4n) is 2.88. The van der Waals surface area contributed by atoms with Gasteiger partial charge in [0.05, 0.1) is 5.41 Å². The fraction of sp³-hybridized carbons (Fsp3) is 0.588. The summed E-state index contributed by atoms with van der Waals surface area (Å²) < 4.78 is 40.1. The summed E-state index contributed by atoms with van der Waals surface area (Å²) in [5.74, 6) is -0.356. The first kappa shape index (κ1) is 17.8. The SMILES string of the molecule is Cc1ccccc1CCCC(N1CC(C)(C)C(=O)N1)C(F)(F)F. The first-order valence-electron chi connectivity index (χ1n) is 7.80. The lowest BCUT2D eigenvalue weighted by atomic mass is 9.94. The van der Waals surface area contributed by atoms with Crippen molar-refractivity contribution in [3.8, 4) is 0 Å². The van der Waals surface area contributed by atoms with Gasteiger partial charge in [0.2, 0.25) is 5.91 Å². The number of hydrazine groups is 1. The normalized spacial score (nSPS) is 19.7. The van der Waals surface area contributed by atoms with Gasteiger partial charge in [-0.25, -0.2) is 5.01 Å². The monoisotopic (exact) mass is 328 g/mol. The molecule has 1 aromatic rings. The number of halogens is 3. The Hall–Kier alpha value is -1.56. The molecule has 1 heterocycles. The minimum absolute atomic E-state index is 0.0335. The molecule has 0 radical (unpaired) electrons. The van der Waals surface area contributed by atoms with Crippen LogP contribution in [-0.4, -0.2) is 29.7 Å². The molecular formula is C17H23F3N2O. The van der Waals surface area contributed by atoms with Crippen molar-refractivity contribution in [2.75, 3.05) is 6.54 Å². The summed E-state index contributed by atoms with van der Waals surface area (Å²) in [6.45, 7) is 5.34. The van der Waals surface area contributed by atoms with E-state index in [9.17, 15) is 18.0 Å². The Balaban J connectivity index is 2.01. The largest absolute Gasteiger partial charge is 0.405 e. The van der Waals surface area contributed by atoms with Gasteiger partial charge in [-0.3, -0.25) is 10.2 Å². The van der Waals surface area contributed by atoms with Gasteiger partial charge < -0.3 is 0 Å². The minimum atomic E-state index is -4.36. The highest BCUT2D eigenvalue weighted by Crippen LogP contribution is 2.33. The molecule has 1 atom stereocenters. The topological polar surface area (TPSA) is 32.3 Å². The smallest absolute Gasteiger partial charge is 0.288 e. The van der Waals surface area contributed by atoms with E-state index in [1.54, 1.807) is 13.8 Å². The maximum atomic E-state index is 13.4. The third-order valence-corrected chi connectivity index (χ3v) is 4.36. The number of hydrogen-bond acceptors (Lipinski definition) is 2. The maximum Gasteiger partial charge on any atom is 0.405 e. The first-order chi connectivity index (χ1) is 10.6. The van der Waals surface area contributed by atoms with Gasteiger partial charge in [0, 0.05) is 6.54 Å². The number of amides is 1.